The number of aromatic amines is 1. The van der Waals surface area contributed by atoms with E-state index in [1.165, 1.54) is 18.5 Å². The number of carbonyl (C=O) groups excluding carboxylic acids is 1. The van der Waals surface area contributed by atoms with Crippen LogP contribution in [0.5, 0.6) is 0 Å². The molecule has 0 radical (unpaired) electrons. The Morgan fingerprint density at radius 1 is 1.25 bits per heavy atom. The quantitative estimate of drug-likeness (QED) is 0.648. The molecule has 0 aromatic carbocycles. The van der Waals surface area contributed by atoms with Gasteiger partial charge in [0.15, 0.2) is 0 Å². The standard InChI is InChI=1S/C15H15N5O4/c1-7-4-9(14(22)20-12(7)15(23)24)18-10-5-11(17-6-16-10)19-13(21)8-2-3-8/h4-6,8H,2-3H2,1H3,(H,20,22)(H,23,24)(H2,16,17,18,19,21). The second-order valence-electron chi connectivity index (χ2n) is 5.55. The van der Waals surface area contributed by atoms with Crippen molar-refractivity contribution < 1.29 is 14.7 Å². The molecule has 0 atom stereocenters. The number of hydrogen-bond acceptors (Lipinski definition) is 6. The molecular formula is C15H15N5O4. The maximum absolute atomic E-state index is 12.0. The molecule has 2 aromatic rings. The highest BCUT2D eigenvalue weighted by Gasteiger charge is 2.29. The van der Waals surface area contributed by atoms with Gasteiger partial charge in [-0.3, -0.25) is 9.59 Å². The van der Waals surface area contributed by atoms with Gasteiger partial charge >= 0.3 is 5.97 Å². The number of pyridine rings is 1. The molecule has 1 aliphatic rings. The summed E-state index contributed by atoms with van der Waals surface area (Å²) in [5, 5.41) is 14.5. The fraction of sp³-hybridized carbons (Fsp3) is 0.267. The number of carboxylic acid groups (broad SMARTS) is 1. The predicted molar refractivity (Wildman–Crippen MR) is 85.4 cm³/mol. The fourth-order valence-electron chi connectivity index (χ4n) is 2.15. The molecule has 9 heteroatoms. The normalized spacial score (nSPS) is 13.4. The monoisotopic (exact) mass is 329 g/mol. The van der Waals surface area contributed by atoms with E-state index in [1.807, 2.05) is 0 Å². The molecule has 0 unspecified atom stereocenters. The summed E-state index contributed by atoms with van der Waals surface area (Å²) in [6, 6.07) is 2.92. The number of anilines is 3. The Labute approximate surface area is 136 Å². The highest BCUT2D eigenvalue weighted by Crippen LogP contribution is 2.30. The molecule has 2 heterocycles. The molecular weight excluding hydrogens is 314 g/mol. The van der Waals surface area contributed by atoms with Gasteiger partial charge in [-0.15, -0.1) is 0 Å². The van der Waals surface area contributed by atoms with E-state index in [2.05, 4.69) is 25.6 Å². The molecule has 4 N–H and O–H groups in total. The lowest BCUT2D eigenvalue weighted by atomic mass is 10.2. The fourth-order valence-corrected chi connectivity index (χ4v) is 2.15. The van der Waals surface area contributed by atoms with Crippen molar-refractivity contribution in [2.75, 3.05) is 10.6 Å². The molecule has 1 amide bonds. The Morgan fingerprint density at radius 2 is 1.96 bits per heavy atom. The maximum atomic E-state index is 12.0. The van der Waals surface area contributed by atoms with Crippen molar-refractivity contribution in [1.82, 2.24) is 15.0 Å². The van der Waals surface area contributed by atoms with E-state index in [-0.39, 0.29) is 23.2 Å². The predicted octanol–water partition coefficient (Wildman–Crippen LogP) is 1.26. The molecule has 2 aromatic heterocycles. The molecule has 124 valence electrons. The average molecular weight is 329 g/mol. The van der Waals surface area contributed by atoms with Crippen molar-refractivity contribution in [3.63, 3.8) is 0 Å². The van der Waals surface area contributed by atoms with Crippen LogP contribution >= 0.6 is 0 Å². The van der Waals surface area contributed by atoms with E-state index in [0.717, 1.165) is 12.8 Å². The third-order valence-corrected chi connectivity index (χ3v) is 3.58. The molecule has 1 saturated carbocycles. The van der Waals surface area contributed by atoms with Crippen molar-refractivity contribution in [1.29, 1.82) is 0 Å². The van der Waals surface area contributed by atoms with Gasteiger partial charge in [0.25, 0.3) is 5.56 Å². The highest BCUT2D eigenvalue weighted by atomic mass is 16.4. The average Bonchev–Trinajstić information content (AvgIpc) is 3.35. The number of amides is 1. The first kappa shape index (κ1) is 15.7. The van der Waals surface area contributed by atoms with Crippen molar-refractivity contribution in [2.45, 2.75) is 19.8 Å². The lowest BCUT2D eigenvalue weighted by Gasteiger charge is -2.09. The number of aryl methyl sites for hydroxylation is 1. The molecule has 0 spiro atoms. The van der Waals surface area contributed by atoms with Crippen LogP contribution in [0.3, 0.4) is 0 Å². The number of aromatic carboxylic acids is 1. The summed E-state index contributed by atoms with van der Waals surface area (Å²) in [6.45, 7) is 1.58. The van der Waals surface area contributed by atoms with E-state index in [4.69, 9.17) is 5.11 Å². The Bertz CT molecular complexity index is 872. The lowest BCUT2D eigenvalue weighted by Crippen LogP contribution is -2.18. The van der Waals surface area contributed by atoms with Gasteiger partial charge in [-0.05, 0) is 31.4 Å². The zero-order valence-electron chi connectivity index (χ0n) is 12.8. The minimum Gasteiger partial charge on any atom is -0.477 e. The third-order valence-electron chi connectivity index (χ3n) is 3.58. The molecule has 0 bridgehead atoms. The zero-order valence-corrected chi connectivity index (χ0v) is 12.8. The molecule has 1 fully saturated rings. The second-order valence-corrected chi connectivity index (χ2v) is 5.55. The van der Waals surface area contributed by atoms with Gasteiger partial charge in [-0.1, -0.05) is 0 Å². The summed E-state index contributed by atoms with van der Waals surface area (Å²) >= 11 is 0. The van der Waals surface area contributed by atoms with Gasteiger partial charge in [0.05, 0.1) is 0 Å². The summed E-state index contributed by atoms with van der Waals surface area (Å²) in [5.41, 5.74) is -0.192. The van der Waals surface area contributed by atoms with E-state index >= 15 is 0 Å². The topological polar surface area (TPSA) is 137 Å². The van der Waals surface area contributed by atoms with Crippen LogP contribution < -0.4 is 16.2 Å². The lowest BCUT2D eigenvalue weighted by molar-refractivity contribution is -0.117. The number of rotatable bonds is 5. The van der Waals surface area contributed by atoms with Crippen LogP contribution in [0.2, 0.25) is 0 Å². The largest absolute Gasteiger partial charge is 0.477 e. The molecule has 3 rings (SSSR count). The van der Waals surface area contributed by atoms with E-state index in [9.17, 15) is 14.4 Å². The number of hydrogen-bond donors (Lipinski definition) is 4. The Hall–Kier alpha value is -3.23. The van der Waals surface area contributed by atoms with Crippen LogP contribution in [-0.4, -0.2) is 31.9 Å². The minimum absolute atomic E-state index is 0.0467. The Balaban J connectivity index is 1.81. The van der Waals surface area contributed by atoms with E-state index in [0.29, 0.717) is 17.2 Å². The first-order chi connectivity index (χ1) is 11.4. The van der Waals surface area contributed by atoms with Crippen LogP contribution in [0.4, 0.5) is 17.3 Å². The number of aromatic nitrogens is 3. The molecule has 0 aliphatic heterocycles. The van der Waals surface area contributed by atoms with Crippen molar-refractivity contribution in [2.24, 2.45) is 5.92 Å². The summed E-state index contributed by atoms with van der Waals surface area (Å²) in [4.78, 5) is 45.0. The number of nitrogens with one attached hydrogen (secondary N) is 3. The van der Waals surface area contributed by atoms with Gasteiger partial charge in [0, 0.05) is 12.0 Å². The van der Waals surface area contributed by atoms with Crippen molar-refractivity contribution >= 4 is 29.2 Å². The maximum Gasteiger partial charge on any atom is 0.352 e. The molecule has 24 heavy (non-hydrogen) atoms. The second kappa shape index (κ2) is 6.11. The Morgan fingerprint density at radius 3 is 2.62 bits per heavy atom. The first-order valence-electron chi connectivity index (χ1n) is 7.31. The van der Waals surface area contributed by atoms with Gasteiger partial charge in [-0.2, -0.15) is 0 Å². The van der Waals surface area contributed by atoms with Crippen LogP contribution in [0, 0.1) is 12.8 Å². The summed E-state index contributed by atoms with van der Waals surface area (Å²) < 4.78 is 0. The SMILES string of the molecule is Cc1cc(Nc2cc(NC(=O)C3CC3)ncn2)c(=O)[nH]c1C(=O)O. The summed E-state index contributed by atoms with van der Waals surface area (Å²) in [5.74, 6) is -0.600. The van der Waals surface area contributed by atoms with Crippen LogP contribution in [0.25, 0.3) is 0 Å². The molecule has 1 aliphatic carbocycles. The number of H-pyrrole nitrogens is 1. The molecule has 0 saturated heterocycles. The van der Waals surface area contributed by atoms with Gasteiger partial charge in [-0.25, -0.2) is 14.8 Å². The Kier molecular flexibility index (Phi) is 3.98. The van der Waals surface area contributed by atoms with Gasteiger partial charge in [0.2, 0.25) is 5.91 Å². The molecule has 9 nitrogen and oxygen atoms in total. The van der Waals surface area contributed by atoms with Crippen LogP contribution in [0.1, 0.15) is 28.9 Å². The number of nitrogens with zero attached hydrogens (tertiary/aromatic N) is 2. The van der Waals surface area contributed by atoms with Crippen molar-refractivity contribution in [3.8, 4) is 0 Å². The highest BCUT2D eigenvalue weighted by molar-refractivity contribution is 5.93. The zero-order chi connectivity index (χ0) is 17.3. The summed E-state index contributed by atoms with van der Waals surface area (Å²) in [7, 11) is 0. The third kappa shape index (κ3) is 3.40. The smallest absolute Gasteiger partial charge is 0.352 e. The van der Waals surface area contributed by atoms with Crippen molar-refractivity contribution in [3.05, 3.63) is 40.1 Å². The van der Waals surface area contributed by atoms with Gasteiger partial charge < -0.3 is 20.7 Å². The number of carbonyl (C=O) groups is 2. The van der Waals surface area contributed by atoms with E-state index < -0.39 is 11.5 Å². The minimum atomic E-state index is -1.21. The van der Waals surface area contributed by atoms with E-state index in [1.54, 1.807) is 6.92 Å². The van der Waals surface area contributed by atoms with Gasteiger partial charge in [0.1, 0.15) is 29.3 Å². The van der Waals surface area contributed by atoms with Crippen LogP contribution in [-0.2, 0) is 4.79 Å². The number of carboxylic acids is 1. The first-order valence-corrected chi connectivity index (χ1v) is 7.31. The summed E-state index contributed by atoms with van der Waals surface area (Å²) in [6.07, 6.45) is 3.02. The van der Waals surface area contributed by atoms with Crippen LogP contribution in [0.15, 0.2) is 23.3 Å².